The number of aromatic nitrogens is 4. The van der Waals surface area contributed by atoms with Gasteiger partial charge in [0.1, 0.15) is 0 Å². The smallest absolute Gasteiger partial charge is 0.326 e. The van der Waals surface area contributed by atoms with Crippen molar-refractivity contribution in [2.75, 3.05) is 0 Å². The number of imidazole rings is 1. The van der Waals surface area contributed by atoms with E-state index >= 15 is 0 Å². The first-order chi connectivity index (χ1) is 13.4. The molecule has 0 fully saturated rings. The van der Waals surface area contributed by atoms with Crippen molar-refractivity contribution < 1.29 is 5.11 Å². The Bertz CT molecular complexity index is 1060. The van der Waals surface area contributed by atoms with Gasteiger partial charge in [-0.2, -0.15) is 5.10 Å². The van der Waals surface area contributed by atoms with Crippen molar-refractivity contribution >= 4 is 11.0 Å². The van der Waals surface area contributed by atoms with E-state index < -0.39 is 6.10 Å². The lowest BCUT2D eigenvalue weighted by atomic mass is 9.98. The molecule has 3 atom stereocenters. The van der Waals surface area contributed by atoms with Crippen LogP contribution in [0.5, 0.6) is 0 Å². The van der Waals surface area contributed by atoms with Crippen LogP contribution in [0.25, 0.3) is 11.0 Å². The monoisotopic (exact) mass is 383 g/mol. The first-order valence-corrected chi connectivity index (χ1v) is 10.0. The Morgan fingerprint density at radius 3 is 2.89 bits per heavy atom. The van der Waals surface area contributed by atoms with E-state index in [1.807, 2.05) is 29.9 Å². The summed E-state index contributed by atoms with van der Waals surface area (Å²) in [5.41, 5.74) is 5.94. The normalized spacial score (nSPS) is 20.5. The topological polar surface area (TPSA) is 87.9 Å². The van der Waals surface area contributed by atoms with E-state index in [-0.39, 0.29) is 17.8 Å². The zero-order valence-corrected chi connectivity index (χ0v) is 17.0. The molecular formula is C21H29N5O2. The molecule has 7 heteroatoms. The average molecular weight is 383 g/mol. The van der Waals surface area contributed by atoms with E-state index in [2.05, 4.69) is 36.2 Å². The minimum atomic E-state index is -0.642. The quantitative estimate of drug-likeness (QED) is 0.630. The summed E-state index contributed by atoms with van der Waals surface area (Å²) in [5, 5.41) is 19.1. The second-order valence-electron chi connectivity index (χ2n) is 8.04. The molecule has 0 spiro atoms. The Balaban J connectivity index is 1.48. The molecule has 1 aliphatic rings. The molecule has 0 bridgehead atoms. The first-order valence-electron chi connectivity index (χ1n) is 10.0. The fourth-order valence-corrected chi connectivity index (χ4v) is 4.51. The van der Waals surface area contributed by atoms with Crippen LogP contribution < -0.4 is 11.0 Å². The van der Waals surface area contributed by atoms with Crippen LogP contribution in [0, 0.1) is 13.8 Å². The molecule has 3 heterocycles. The van der Waals surface area contributed by atoms with Crippen LogP contribution in [0.2, 0.25) is 0 Å². The summed E-state index contributed by atoms with van der Waals surface area (Å²) in [4.78, 5) is 15.1. The summed E-state index contributed by atoms with van der Waals surface area (Å²) < 4.78 is 3.69. The fraction of sp³-hybridized carbons (Fsp3) is 0.524. The van der Waals surface area contributed by atoms with Gasteiger partial charge in [0.25, 0.3) is 0 Å². The van der Waals surface area contributed by atoms with Gasteiger partial charge in [-0.05, 0) is 51.7 Å². The summed E-state index contributed by atoms with van der Waals surface area (Å²) in [6, 6.07) is 5.85. The highest BCUT2D eigenvalue weighted by Crippen LogP contribution is 2.30. The van der Waals surface area contributed by atoms with Crippen LogP contribution in [0.4, 0.5) is 0 Å². The van der Waals surface area contributed by atoms with Crippen molar-refractivity contribution in [3.8, 4) is 0 Å². The largest absolute Gasteiger partial charge is 0.387 e. The van der Waals surface area contributed by atoms with Crippen LogP contribution in [0.3, 0.4) is 0 Å². The molecule has 150 valence electrons. The molecule has 1 aliphatic heterocycles. The van der Waals surface area contributed by atoms with Gasteiger partial charge in [0.15, 0.2) is 0 Å². The summed E-state index contributed by atoms with van der Waals surface area (Å²) in [7, 11) is 1.98. The number of aliphatic hydroxyl groups excluding tert-OH is 1. The second kappa shape index (κ2) is 7.22. The number of aromatic amines is 1. The number of aliphatic hydroxyl groups is 1. The van der Waals surface area contributed by atoms with E-state index in [0.29, 0.717) is 13.0 Å². The molecule has 28 heavy (non-hydrogen) atoms. The van der Waals surface area contributed by atoms with E-state index in [0.717, 1.165) is 35.1 Å². The number of hydrogen-bond acceptors (Lipinski definition) is 4. The van der Waals surface area contributed by atoms with E-state index in [9.17, 15) is 9.90 Å². The predicted molar refractivity (Wildman–Crippen MR) is 110 cm³/mol. The zero-order chi connectivity index (χ0) is 20.0. The molecule has 7 nitrogen and oxygen atoms in total. The first kappa shape index (κ1) is 19.0. The number of nitrogens with one attached hydrogen (secondary N) is 2. The summed E-state index contributed by atoms with van der Waals surface area (Å²) in [5.74, 6) is 0. The Morgan fingerprint density at radius 2 is 2.18 bits per heavy atom. The van der Waals surface area contributed by atoms with Crippen molar-refractivity contribution in [3.05, 3.63) is 51.2 Å². The predicted octanol–water partition coefficient (Wildman–Crippen LogP) is 2.10. The molecule has 0 amide bonds. The molecule has 3 aromatic rings. The highest BCUT2D eigenvalue weighted by molar-refractivity contribution is 5.79. The Hall–Kier alpha value is -2.38. The van der Waals surface area contributed by atoms with Gasteiger partial charge in [0, 0.05) is 36.9 Å². The van der Waals surface area contributed by atoms with Gasteiger partial charge < -0.3 is 15.4 Å². The van der Waals surface area contributed by atoms with Gasteiger partial charge >= 0.3 is 5.69 Å². The Kier molecular flexibility index (Phi) is 4.89. The van der Waals surface area contributed by atoms with Crippen molar-refractivity contribution in [2.45, 2.75) is 64.8 Å². The van der Waals surface area contributed by atoms with Crippen LogP contribution in [0.1, 0.15) is 48.4 Å². The van der Waals surface area contributed by atoms with Gasteiger partial charge in [-0.15, -0.1) is 0 Å². The van der Waals surface area contributed by atoms with Gasteiger partial charge in [-0.1, -0.05) is 12.1 Å². The van der Waals surface area contributed by atoms with Gasteiger partial charge in [-0.25, -0.2) is 4.79 Å². The van der Waals surface area contributed by atoms with Crippen LogP contribution in [-0.2, 0) is 20.0 Å². The maximum absolute atomic E-state index is 12.3. The van der Waals surface area contributed by atoms with Crippen LogP contribution >= 0.6 is 0 Å². The van der Waals surface area contributed by atoms with Gasteiger partial charge in [-0.3, -0.25) is 9.25 Å². The SMILES string of the molecule is Cc1nn(C)c(C)c1CC[C@@H](C)N[C@@H]1CCn2c(=O)[nH]c3cccc(c32)[C@H]1O. The number of para-hydroxylation sites is 1. The average Bonchev–Trinajstić information content (AvgIpc) is 3.05. The number of aryl methyl sites for hydroxylation is 3. The van der Waals surface area contributed by atoms with E-state index in [1.165, 1.54) is 11.3 Å². The third kappa shape index (κ3) is 3.18. The lowest BCUT2D eigenvalue weighted by molar-refractivity contribution is 0.119. The number of H-pyrrole nitrogens is 1. The molecule has 0 unspecified atom stereocenters. The molecule has 0 saturated carbocycles. The lowest BCUT2D eigenvalue weighted by Gasteiger charge is -2.26. The number of nitrogens with zero attached hydrogens (tertiary/aromatic N) is 3. The number of benzene rings is 1. The van der Waals surface area contributed by atoms with E-state index in [4.69, 9.17) is 0 Å². The number of rotatable bonds is 5. The minimum Gasteiger partial charge on any atom is -0.387 e. The maximum Gasteiger partial charge on any atom is 0.326 e. The molecule has 4 rings (SSSR count). The zero-order valence-electron chi connectivity index (χ0n) is 17.0. The van der Waals surface area contributed by atoms with Gasteiger partial charge in [0.2, 0.25) is 0 Å². The third-order valence-electron chi connectivity index (χ3n) is 6.17. The number of hydrogen-bond donors (Lipinski definition) is 3. The third-order valence-corrected chi connectivity index (χ3v) is 6.17. The molecular weight excluding hydrogens is 354 g/mol. The standard InChI is InChI=1S/C21H29N5O2/c1-12(8-9-15-13(2)24-25(4)14(15)3)22-18-10-11-26-19-16(20(18)27)6-5-7-17(19)23-21(26)28/h5-7,12,18,20,22,27H,8-11H2,1-4H3,(H,23,28)/t12-,18-,20-/m1/s1. The molecule has 3 N–H and O–H groups in total. The highest BCUT2D eigenvalue weighted by atomic mass is 16.3. The van der Waals surface area contributed by atoms with Crippen molar-refractivity contribution in [3.63, 3.8) is 0 Å². The van der Waals surface area contributed by atoms with Crippen LogP contribution in [-0.4, -0.2) is 36.5 Å². The maximum atomic E-state index is 12.3. The molecule has 0 radical (unpaired) electrons. The van der Waals surface area contributed by atoms with Gasteiger partial charge in [0.05, 0.1) is 22.8 Å². The second-order valence-corrected chi connectivity index (χ2v) is 8.04. The van der Waals surface area contributed by atoms with E-state index in [1.54, 1.807) is 4.57 Å². The molecule has 0 aliphatic carbocycles. The molecule has 1 aromatic carbocycles. The van der Waals surface area contributed by atoms with Crippen molar-refractivity contribution in [1.29, 1.82) is 0 Å². The van der Waals surface area contributed by atoms with Crippen molar-refractivity contribution in [2.24, 2.45) is 7.05 Å². The molecule has 2 aromatic heterocycles. The van der Waals surface area contributed by atoms with Crippen molar-refractivity contribution in [1.82, 2.24) is 24.6 Å². The Labute approximate surface area is 164 Å². The summed E-state index contributed by atoms with van der Waals surface area (Å²) >= 11 is 0. The lowest BCUT2D eigenvalue weighted by Crippen LogP contribution is -2.41. The van der Waals surface area contributed by atoms with Crippen LogP contribution in [0.15, 0.2) is 23.0 Å². The highest BCUT2D eigenvalue weighted by Gasteiger charge is 2.29. The fourth-order valence-electron chi connectivity index (χ4n) is 4.51. The molecule has 0 saturated heterocycles. The minimum absolute atomic E-state index is 0.0870. The summed E-state index contributed by atoms with van der Waals surface area (Å²) in [6.07, 6.45) is 1.99. The summed E-state index contributed by atoms with van der Waals surface area (Å²) in [6.45, 7) is 6.92. The Morgan fingerprint density at radius 1 is 1.39 bits per heavy atom.